The summed E-state index contributed by atoms with van der Waals surface area (Å²) >= 11 is 0. The first-order valence-electron chi connectivity index (χ1n) is 5.41. The molecule has 0 aliphatic heterocycles. The van der Waals surface area contributed by atoms with E-state index in [9.17, 15) is 4.79 Å². The van der Waals surface area contributed by atoms with Gasteiger partial charge >= 0.3 is 0 Å². The molecular weight excluding hydrogens is 200 g/mol. The van der Waals surface area contributed by atoms with Gasteiger partial charge in [0, 0.05) is 12.6 Å². The van der Waals surface area contributed by atoms with Crippen molar-refractivity contribution in [3.05, 3.63) is 41.5 Å². The minimum Gasteiger partial charge on any atom is -0.355 e. The van der Waals surface area contributed by atoms with Gasteiger partial charge in [0.25, 0.3) is 5.91 Å². The molecule has 0 saturated carbocycles. The molecule has 1 rings (SSSR count). The van der Waals surface area contributed by atoms with Crippen LogP contribution >= 0.6 is 0 Å². The quantitative estimate of drug-likeness (QED) is 0.738. The summed E-state index contributed by atoms with van der Waals surface area (Å²) in [7, 11) is 3.57. The van der Waals surface area contributed by atoms with Crippen LogP contribution in [0.4, 0.5) is 0 Å². The van der Waals surface area contributed by atoms with Gasteiger partial charge in [0.05, 0.1) is 0 Å². The molecule has 0 aliphatic carbocycles. The van der Waals surface area contributed by atoms with E-state index in [1.807, 2.05) is 31.3 Å². The molecule has 1 aromatic rings. The molecule has 0 fully saturated rings. The van der Waals surface area contributed by atoms with Crippen LogP contribution in [0.25, 0.3) is 6.08 Å². The molecule has 0 spiro atoms. The summed E-state index contributed by atoms with van der Waals surface area (Å²) in [6, 6.07) is 7.55. The molecule has 0 radical (unpaired) electrons. The first-order valence-corrected chi connectivity index (χ1v) is 5.41. The highest BCUT2D eigenvalue weighted by Gasteiger charge is 2.00. The van der Waals surface area contributed by atoms with E-state index >= 15 is 0 Å². The van der Waals surface area contributed by atoms with E-state index in [0.717, 1.165) is 18.5 Å². The second kappa shape index (κ2) is 6.80. The van der Waals surface area contributed by atoms with Crippen molar-refractivity contribution in [2.24, 2.45) is 0 Å². The molecule has 3 heteroatoms. The largest absolute Gasteiger partial charge is 0.355 e. The Morgan fingerprint density at radius 3 is 2.50 bits per heavy atom. The fraction of sp³-hybridized carbons (Fsp3) is 0.308. The predicted octanol–water partition coefficient (Wildman–Crippen LogP) is 1.67. The summed E-state index contributed by atoms with van der Waals surface area (Å²) in [5, 5.41) is 5.68. The number of benzene rings is 1. The van der Waals surface area contributed by atoms with Crippen molar-refractivity contribution in [3.63, 3.8) is 0 Å². The summed E-state index contributed by atoms with van der Waals surface area (Å²) in [4.78, 5) is 11.3. The van der Waals surface area contributed by atoms with Gasteiger partial charge in [-0.25, -0.2) is 0 Å². The van der Waals surface area contributed by atoms with E-state index in [4.69, 9.17) is 0 Å². The number of carbonyl (C=O) groups excluding carboxylic acids is 1. The maximum Gasteiger partial charge on any atom is 0.251 e. The Morgan fingerprint density at radius 2 is 1.94 bits per heavy atom. The van der Waals surface area contributed by atoms with Crippen molar-refractivity contribution in [2.75, 3.05) is 20.6 Å². The van der Waals surface area contributed by atoms with Gasteiger partial charge in [0.1, 0.15) is 0 Å². The molecule has 2 N–H and O–H groups in total. The van der Waals surface area contributed by atoms with Gasteiger partial charge in [-0.15, -0.1) is 0 Å². The molecule has 1 amide bonds. The van der Waals surface area contributed by atoms with Crippen molar-refractivity contribution < 1.29 is 4.79 Å². The van der Waals surface area contributed by atoms with Crippen LogP contribution in [-0.4, -0.2) is 26.5 Å². The Balaban J connectivity index is 2.57. The molecule has 0 unspecified atom stereocenters. The molecule has 0 aliphatic rings. The van der Waals surface area contributed by atoms with Crippen LogP contribution in [0.1, 0.15) is 22.3 Å². The molecule has 0 heterocycles. The monoisotopic (exact) mass is 218 g/mol. The maximum absolute atomic E-state index is 11.3. The van der Waals surface area contributed by atoms with Crippen LogP contribution in [0.2, 0.25) is 0 Å². The number of hydrogen-bond acceptors (Lipinski definition) is 2. The van der Waals surface area contributed by atoms with Gasteiger partial charge in [0.2, 0.25) is 0 Å². The Bertz CT molecular complexity index is 355. The topological polar surface area (TPSA) is 41.1 Å². The molecule has 3 nitrogen and oxygen atoms in total. The SMILES string of the molecule is CNCCC=Cc1ccc(C(=O)NC)cc1. The molecule has 0 aromatic heterocycles. The second-order valence-electron chi connectivity index (χ2n) is 3.50. The van der Waals surface area contributed by atoms with E-state index in [1.165, 1.54) is 0 Å². The Hall–Kier alpha value is -1.61. The molecule has 0 saturated heterocycles. The van der Waals surface area contributed by atoms with Crippen LogP contribution < -0.4 is 10.6 Å². The highest BCUT2D eigenvalue weighted by molar-refractivity contribution is 5.94. The first-order chi connectivity index (χ1) is 7.77. The van der Waals surface area contributed by atoms with E-state index < -0.39 is 0 Å². The lowest BCUT2D eigenvalue weighted by Crippen LogP contribution is -2.17. The normalized spacial score (nSPS) is 10.6. The van der Waals surface area contributed by atoms with Gasteiger partial charge < -0.3 is 10.6 Å². The summed E-state index contributed by atoms with van der Waals surface area (Å²) in [6.07, 6.45) is 5.18. The van der Waals surface area contributed by atoms with E-state index in [0.29, 0.717) is 5.56 Å². The minimum absolute atomic E-state index is 0.0503. The van der Waals surface area contributed by atoms with E-state index in [2.05, 4.69) is 22.8 Å². The molecule has 0 atom stereocenters. The first kappa shape index (κ1) is 12.5. The van der Waals surface area contributed by atoms with Crippen LogP contribution in [0.3, 0.4) is 0 Å². The van der Waals surface area contributed by atoms with Crippen molar-refractivity contribution in [3.8, 4) is 0 Å². The lowest BCUT2D eigenvalue weighted by molar-refractivity contribution is 0.0963. The van der Waals surface area contributed by atoms with Crippen LogP contribution in [-0.2, 0) is 0 Å². The zero-order valence-corrected chi connectivity index (χ0v) is 9.79. The van der Waals surface area contributed by atoms with Crippen molar-refractivity contribution in [1.29, 1.82) is 0 Å². The van der Waals surface area contributed by atoms with Gasteiger partial charge in [-0.05, 0) is 37.7 Å². The van der Waals surface area contributed by atoms with Crippen molar-refractivity contribution >= 4 is 12.0 Å². The van der Waals surface area contributed by atoms with Gasteiger partial charge in [-0.1, -0.05) is 24.3 Å². The smallest absolute Gasteiger partial charge is 0.251 e. The van der Waals surface area contributed by atoms with Gasteiger partial charge in [-0.3, -0.25) is 4.79 Å². The Labute approximate surface area is 96.6 Å². The summed E-state index contributed by atoms with van der Waals surface area (Å²) in [5.41, 5.74) is 1.80. The van der Waals surface area contributed by atoms with Crippen LogP contribution in [0, 0.1) is 0 Å². The van der Waals surface area contributed by atoms with Crippen LogP contribution in [0.15, 0.2) is 30.3 Å². The molecule has 86 valence electrons. The third-order valence-corrected chi connectivity index (χ3v) is 2.27. The molecule has 1 aromatic carbocycles. The standard InChI is InChI=1S/C13H18N2O/c1-14-10-4-3-5-11-6-8-12(9-7-11)13(16)15-2/h3,5-9,14H,4,10H2,1-2H3,(H,15,16). The van der Waals surface area contributed by atoms with Crippen molar-refractivity contribution in [2.45, 2.75) is 6.42 Å². The van der Waals surface area contributed by atoms with Gasteiger partial charge in [0.15, 0.2) is 0 Å². The average molecular weight is 218 g/mol. The molecular formula is C13H18N2O. The summed E-state index contributed by atoms with van der Waals surface area (Å²) in [6.45, 7) is 0.979. The third kappa shape index (κ3) is 3.87. The second-order valence-corrected chi connectivity index (χ2v) is 3.50. The Kier molecular flexibility index (Phi) is 5.29. The van der Waals surface area contributed by atoms with E-state index in [1.54, 1.807) is 7.05 Å². The number of nitrogens with one attached hydrogen (secondary N) is 2. The highest BCUT2D eigenvalue weighted by atomic mass is 16.1. The van der Waals surface area contributed by atoms with Crippen LogP contribution in [0.5, 0.6) is 0 Å². The zero-order chi connectivity index (χ0) is 11.8. The number of carbonyl (C=O) groups is 1. The summed E-state index contributed by atoms with van der Waals surface area (Å²) in [5.74, 6) is -0.0503. The minimum atomic E-state index is -0.0503. The van der Waals surface area contributed by atoms with Gasteiger partial charge in [-0.2, -0.15) is 0 Å². The predicted molar refractivity (Wildman–Crippen MR) is 67.4 cm³/mol. The maximum atomic E-state index is 11.3. The average Bonchev–Trinajstić information content (AvgIpc) is 2.34. The molecule has 16 heavy (non-hydrogen) atoms. The van der Waals surface area contributed by atoms with Crippen molar-refractivity contribution in [1.82, 2.24) is 10.6 Å². The third-order valence-electron chi connectivity index (χ3n) is 2.27. The summed E-state index contributed by atoms with van der Waals surface area (Å²) < 4.78 is 0. The lowest BCUT2D eigenvalue weighted by Gasteiger charge is -1.99. The Morgan fingerprint density at radius 1 is 1.25 bits per heavy atom. The number of amides is 1. The highest BCUT2D eigenvalue weighted by Crippen LogP contribution is 2.06. The lowest BCUT2D eigenvalue weighted by atomic mass is 10.1. The fourth-order valence-corrected chi connectivity index (χ4v) is 1.34. The zero-order valence-electron chi connectivity index (χ0n) is 9.79. The van der Waals surface area contributed by atoms with E-state index in [-0.39, 0.29) is 5.91 Å². The fourth-order valence-electron chi connectivity index (χ4n) is 1.34. The molecule has 0 bridgehead atoms. The number of rotatable bonds is 5. The number of hydrogen-bond donors (Lipinski definition) is 2.